The summed E-state index contributed by atoms with van der Waals surface area (Å²) >= 11 is 1.80. The lowest BCUT2D eigenvalue weighted by Crippen LogP contribution is -2.29. The minimum absolute atomic E-state index is 0.269. The molecule has 0 bridgehead atoms. The Morgan fingerprint density at radius 1 is 1.17 bits per heavy atom. The van der Waals surface area contributed by atoms with Crippen LogP contribution in [0.3, 0.4) is 0 Å². The summed E-state index contributed by atoms with van der Waals surface area (Å²) in [5, 5.41) is 0.581. The molecule has 0 rings (SSSR count). The Morgan fingerprint density at radius 2 is 1.78 bits per heavy atom. The van der Waals surface area contributed by atoms with Crippen molar-refractivity contribution >= 4 is 17.7 Å². The number of hydrogen-bond donors (Lipinski definition) is 0. The highest BCUT2D eigenvalue weighted by molar-refractivity contribution is 8.00. The average Bonchev–Trinajstić information content (AvgIpc) is 2.24. The van der Waals surface area contributed by atoms with E-state index in [2.05, 4.69) is 34.6 Å². The molecule has 0 saturated carbocycles. The highest BCUT2D eigenvalue weighted by Crippen LogP contribution is 2.23. The maximum atomic E-state index is 11.8. The van der Waals surface area contributed by atoms with Crippen molar-refractivity contribution in [2.24, 2.45) is 11.8 Å². The van der Waals surface area contributed by atoms with Gasteiger partial charge in [-0.15, -0.1) is 11.8 Å². The smallest absolute Gasteiger partial charge is 0.232 e. The summed E-state index contributed by atoms with van der Waals surface area (Å²) in [7, 11) is 1.90. The van der Waals surface area contributed by atoms with Gasteiger partial charge in [0.05, 0.1) is 5.75 Å². The van der Waals surface area contributed by atoms with Crippen molar-refractivity contribution in [3.8, 4) is 0 Å². The third-order valence-electron chi connectivity index (χ3n) is 3.08. The number of carbonyl (C=O) groups is 1. The molecule has 1 amide bonds. The second-order valence-corrected chi connectivity index (χ2v) is 7.33. The second kappa shape index (κ2) is 9.71. The first-order chi connectivity index (χ1) is 8.36. The lowest BCUT2D eigenvalue weighted by atomic mass is 9.95. The first kappa shape index (κ1) is 17.8. The van der Waals surface area contributed by atoms with E-state index in [4.69, 9.17) is 0 Å². The van der Waals surface area contributed by atoms with Crippen LogP contribution in [0.15, 0.2) is 0 Å². The van der Waals surface area contributed by atoms with E-state index in [9.17, 15) is 4.79 Å². The van der Waals surface area contributed by atoms with Gasteiger partial charge in [0.15, 0.2) is 0 Å². The molecule has 2 nitrogen and oxygen atoms in total. The van der Waals surface area contributed by atoms with Crippen LogP contribution >= 0.6 is 11.8 Å². The molecule has 0 aliphatic carbocycles. The predicted octanol–water partition coefficient (Wildman–Crippen LogP) is 4.05. The molecule has 18 heavy (non-hydrogen) atoms. The van der Waals surface area contributed by atoms with Crippen LogP contribution in [0.25, 0.3) is 0 Å². The third-order valence-corrected chi connectivity index (χ3v) is 4.26. The summed E-state index contributed by atoms with van der Waals surface area (Å²) in [5.74, 6) is 2.43. The van der Waals surface area contributed by atoms with Gasteiger partial charge in [0.25, 0.3) is 0 Å². The fourth-order valence-electron chi connectivity index (χ4n) is 2.32. The molecule has 0 radical (unpaired) electrons. The molecule has 108 valence electrons. The summed E-state index contributed by atoms with van der Waals surface area (Å²) < 4.78 is 0. The number of nitrogens with zero attached hydrogens (tertiary/aromatic N) is 1. The van der Waals surface area contributed by atoms with Crippen LogP contribution in [0.1, 0.15) is 53.9 Å². The van der Waals surface area contributed by atoms with Gasteiger partial charge in [0.1, 0.15) is 0 Å². The van der Waals surface area contributed by atoms with E-state index in [1.807, 2.05) is 11.9 Å². The Hall–Kier alpha value is -0.180. The number of amides is 1. The maximum absolute atomic E-state index is 11.8. The van der Waals surface area contributed by atoms with E-state index in [0.29, 0.717) is 11.0 Å². The molecule has 3 heteroatoms. The molecule has 0 spiro atoms. The standard InChI is InChI=1S/C15H31NOS/c1-7-8-16(6)15(17)11-18-14(5)10-13(4)9-12(2)3/h12-14H,7-11H2,1-6H3. The van der Waals surface area contributed by atoms with Crippen LogP contribution in [0.4, 0.5) is 0 Å². The van der Waals surface area contributed by atoms with E-state index < -0.39 is 0 Å². The van der Waals surface area contributed by atoms with Crippen LogP contribution in [-0.2, 0) is 4.79 Å². The molecule has 2 unspecified atom stereocenters. The SMILES string of the molecule is CCCN(C)C(=O)CSC(C)CC(C)CC(C)C. The van der Waals surface area contributed by atoms with E-state index in [0.717, 1.165) is 24.8 Å². The minimum atomic E-state index is 0.269. The Bertz CT molecular complexity index is 231. The normalized spacial score (nSPS) is 14.6. The van der Waals surface area contributed by atoms with Crippen molar-refractivity contribution in [3.05, 3.63) is 0 Å². The molecule has 0 fully saturated rings. The van der Waals surface area contributed by atoms with Gasteiger partial charge in [-0.1, -0.05) is 34.6 Å². The van der Waals surface area contributed by atoms with Crippen LogP contribution in [0.5, 0.6) is 0 Å². The lowest BCUT2D eigenvalue weighted by Gasteiger charge is -2.20. The van der Waals surface area contributed by atoms with E-state index in [-0.39, 0.29) is 5.91 Å². The molecule has 0 heterocycles. The molecule has 0 aliphatic rings. The largest absolute Gasteiger partial charge is 0.345 e. The molecular formula is C15H31NOS. The first-order valence-corrected chi connectivity index (χ1v) is 8.27. The molecule has 0 aromatic heterocycles. The van der Waals surface area contributed by atoms with Crippen LogP contribution in [0, 0.1) is 11.8 Å². The lowest BCUT2D eigenvalue weighted by molar-refractivity contribution is -0.127. The maximum Gasteiger partial charge on any atom is 0.232 e. The van der Waals surface area contributed by atoms with Gasteiger partial charge in [-0.3, -0.25) is 4.79 Å². The third kappa shape index (κ3) is 8.84. The van der Waals surface area contributed by atoms with Crippen molar-refractivity contribution in [1.29, 1.82) is 0 Å². The van der Waals surface area contributed by atoms with Gasteiger partial charge in [-0.25, -0.2) is 0 Å². The Morgan fingerprint density at radius 3 is 2.28 bits per heavy atom. The van der Waals surface area contributed by atoms with Crippen molar-refractivity contribution in [1.82, 2.24) is 4.90 Å². The van der Waals surface area contributed by atoms with Crippen molar-refractivity contribution in [2.75, 3.05) is 19.3 Å². The van der Waals surface area contributed by atoms with Gasteiger partial charge in [0, 0.05) is 18.8 Å². The number of thioether (sulfide) groups is 1. The number of rotatable bonds is 9. The number of hydrogen-bond acceptors (Lipinski definition) is 2. The summed E-state index contributed by atoms with van der Waals surface area (Å²) in [5.41, 5.74) is 0. The Labute approximate surface area is 118 Å². The Kier molecular flexibility index (Phi) is 9.61. The molecule has 2 atom stereocenters. The predicted molar refractivity (Wildman–Crippen MR) is 83.1 cm³/mol. The van der Waals surface area contributed by atoms with Gasteiger partial charge in [-0.2, -0.15) is 0 Å². The zero-order valence-corrected chi connectivity index (χ0v) is 13.8. The first-order valence-electron chi connectivity index (χ1n) is 7.22. The van der Waals surface area contributed by atoms with Gasteiger partial charge >= 0.3 is 0 Å². The molecule has 0 aromatic rings. The molecular weight excluding hydrogens is 242 g/mol. The number of carbonyl (C=O) groups excluding carboxylic acids is 1. The van der Waals surface area contributed by atoms with Crippen molar-refractivity contribution in [2.45, 2.75) is 59.1 Å². The molecule has 0 aromatic carbocycles. The highest BCUT2D eigenvalue weighted by atomic mass is 32.2. The van der Waals surface area contributed by atoms with Gasteiger partial charge in [0.2, 0.25) is 5.91 Å². The Balaban J connectivity index is 3.82. The summed E-state index contributed by atoms with van der Waals surface area (Å²) in [6.45, 7) is 12.1. The zero-order valence-electron chi connectivity index (χ0n) is 13.0. The average molecular weight is 273 g/mol. The molecule has 0 N–H and O–H groups in total. The van der Waals surface area contributed by atoms with Crippen molar-refractivity contribution < 1.29 is 4.79 Å². The summed E-state index contributed by atoms with van der Waals surface area (Å²) in [4.78, 5) is 13.7. The highest BCUT2D eigenvalue weighted by Gasteiger charge is 2.14. The van der Waals surface area contributed by atoms with E-state index in [1.54, 1.807) is 11.8 Å². The monoisotopic (exact) mass is 273 g/mol. The zero-order chi connectivity index (χ0) is 14.1. The van der Waals surface area contributed by atoms with Crippen LogP contribution in [-0.4, -0.2) is 35.4 Å². The summed E-state index contributed by atoms with van der Waals surface area (Å²) in [6.07, 6.45) is 3.54. The second-order valence-electron chi connectivity index (χ2n) is 5.91. The fraction of sp³-hybridized carbons (Fsp3) is 0.933. The van der Waals surface area contributed by atoms with Gasteiger partial charge < -0.3 is 4.90 Å². The summed E-state index contributed by atoms with van der Waals surface area (Å²) in [6, 6.07) is 0. The topological polar surface area (TPSA) is 20.3 Å². The quantitative estimate of drug-likeness (QED) is 0.631. The van der Waals surface area contributed by atoms with Gasteiger partial charge in [-0.05, 0) is 31.1 Å². The molecule has 0 saturated heterocycles. The van der Waals surface area contributed by atoms with Crippen LogP contribution in [0.2, 0.25) is 0 Å². The van der Waals surface area contributed by atoms with Crippen molar-refractivity contribution in [3.63, 3.8) is 0 Å². The fourth-order valence-corrected chi connectivity index (χ4v) is 3.43. The molecule has 0 aliphatic heterocycles. The van der Waals surface area contributed by atoms with E-state index in [1.165, 1.54) is 12.8 Å². The van der Waals surface area contributed by atoms with E-state index >= 15 is 0 Å². The minimum Gasteiger partial charge on any atom is -0.345 e. The van der Waals surface area contributed by atoms with Crippen LogP contribution < -0.4 is 0 Å².